The van der Waals surface area contributed by atoms with E-state index in [1.54, 1.807) is 18.4 Å². The Kier molecular flexibility index (Phi) is 2.21. The standard InChI is InChI=1S/C11H10BrNOS/c1-14-9-5-10-8(13-11(12)15-10)4-7(9)6-2-3-6/h4-6H,2-3H2,1H3. The largest absolute Gasteiger partial charge is 0.496 e. The molecule has 0 atom stereocenters. The maximum absolute atomic E-state index is 5.43. The van der Waals surface area contributed by atoms with Crippen molar-refractivity contribution in [3.63, 3.8) is 0 Å². The summed E-state index contributed by atoms with van der Waals surface area (Å²) >= 11 is 5.06. The number of aromatic nitrogens is 1. The normalized spacial score (nSPS) is 15.9. The van der Waals surface area contributed by atoms with E-state index in [9.17, 15) is 0 Å². The van der Waals surface area contributed by atoms with E-state index in [-0.39, 0.29) is 0 Å². The van der Waals surface area contributed by atoms with Crippen LogP contribution < -0.4 is 4.74 Å². The average molecular weight is 284 g/mol. The summed E-state index contributed by atoms with van der Waals surface area (Å²) < 4.78 is 7.55. The topological polar surface area (TPSA) is 22.1 Å². The van der Waals surface area contributed by atoms with Gasteiger partial charge in [0.05, 0.1) is 17.3 Å². The highest BCUT2D eigenvalue weighted by molar-refractivity contribution is 9.11. The van der Waals surface area contributed by atoms with Crippen molar-refractivity contribution in [1.29, 1.82) is 0 Å². The zero-order valence-electron chi connectivity index (χ0n) is 8.29. The lowest BCUT2D eigenvalue weighted by Crippen LogP contribution is -1.89. The summed E-state index contributed by atoms with van der Waals surface area (Å²) in [5.74, 6) is 1.71. The third-order valence-electron chi connectivity index (χ3n) is 2.73. The van der Waals surface area contributed by atoms with Gasteiger partial charge < -0.3 is 4.74 Å². The highest BCUT2D eigenvalue weighted by Crippen LogP contribution is 2.46. The van der Waals surface area contributed by atoms with Crippen LogP contribution in [0.3, 0.4) is 0 Å². The lowest BCUT2D eigenvalue weighted by atomic mass is 10.1. The van der Waals surface area contributed by atoms with Crippen LogP contribution in [-0.2, 0) is 0 Å². The van der Waals surface area contributed by atoms with Crippen LogP contribution >= 0.6 is 27.3 Å². The molecule has 3 rings (SSSR count). The first-order valence-corrected chi connectivity index (χ1v) is 6.53. The number of benzene rings is 1. The fourth-order valence-electron chi connectivity index (χ4n) is 1.83. The monoisotopic (exact) mass is 283 g/mol. The van der Waals surface area contributed by atoms with Crippen LogP contribution in [0.15, 0.2) is 16.0 Å². The maximum atomic E-state index is 5.43. The number of halogens is 1. The minimum atomic E-state index is 0.699. The van der Waals surface area contributed by atoms with Gasteiger partial charge in [-0.1, -0.05) is 0 Å². The van der Waals surface area contributed by atoms with Crippen LogP contribution in [0.2, 0.25) is 0 Å². The molecule has 1 aliphatic carbocycles. The molecule has 1 fully saturated rings. The van der Waals surface area contributed by atoms with E-state index in [2.05, 4.69) is 33.0 Å². The van der Waals surface area contributed by atoms with Crippen molar-refractivity contribution in [1.82, 2.24) is 4.98 Å². The molecule has 2 nitrogen and oxygen atoms in total. The molecule has 1 saturated carbocycles. The van der Waals surface area contributed by atoms with Crippen LogP contribution in [0.4, 0.5) is 0 Å². The number of hydrogen-bond acceptors (Lipinski definition) is 3. The smallest absolute Gasteiger partial charge is 0.160 e. The Morgan fingerprint density at radius 1 is 1.47 bits per heavy atom. The summed E-state index contributed by atoms with van der Waals surface area (Å²) in [6.07, 6.45) is 2.57. The van der Waals surface area contributed by atoms with Gasteiger partial charge in [0.2, 0.25) is 0 Å². The predicted molar refractivity (Wildman–Crippen MR) is 65.8 cm³/mol. The van der Waals surface area contributed by atoms with Gasteiger partial charge in [-0.15, -0.1) is 11.3 Å². The molecule has 2 aromatic rings. The fourth-order valence-corrected chi connectivity index (χ4v) is 3.25. The Morgan fingerprint density at radius 3 is 2.93 bits per heavy atom. The van der Waals surface area contributed by atoms with Gasteiger partial charge in [0.25, 0.3) is 0 Å². The molecule has 1 aliphatic rings. The van der Waals surface area contributed by atoms with Crippen LogP contribution in [0.25, 0.3) is 10.2 Å². The molecule has 0 spiro atoms. The van der Waals surface area contributed by atoms with Crippen molar-refractivity contribution < 1.29 is 4.74 Å². The number of methoxy groups -OCH3 is 1. The lowest BCUT2D eigenvalue weighted by Gasteiger charge is -2.06. The third-order valence-corrected chi connectivity index (χ3v) is 4.20. The van der Waals surface area contributed by atoms with Crippen molar-refractivity contribution in [3.05, 3.63) is 21.6 Å². The Labute approximate surface area is 100 Å². The van der Waals surface area contributed by atoms with Gasteiger partial charge in [0.1, 0.15) is 5.75 Å². The quantitative estimate of drug-likeness (QED) is 0.833. The zero-order chi connectivity index (χ0) is 10.4. The van der Waals surface area contributed by atoms with E-state index in [0.29, 0.717) is 5.92 Å². The molecule has 78 valence electrons. The number of fused-ring (bicyclic) bond motifs is 1. The van der Waals surface area contributed by atoms with Gasteiger partial charge in [-0.2, -0.15) is 0 Å². The first-order chi connectivity index (χ1) is 7.28. The number of rotatable bonds is 2. The molecule has 0 N–H and O–H groups in total. The average Bonchev–Trinajstić information content (AvgIpc) is 2.98. The Balaban J connectivity index is 2.23. The molecule has 0 saturated heterocycles. The fraction of sp³-hybridized carbons (Fsp3) is 0.364. The first kappa shape index (κ1) is 9.60. The second-order valence-corrected chi connectivity index (χ2v) is 6.11. The second-order valence-electron chi connectivity index (χ2n) is 3.80. The van der Waals surface area contributed by atoms with Gasteiger partial charge in [-0.25, -0.2) is 4.98 Å². The molecule has 1 heterocycles. The lowest BCUT2D eigenvalue weighted by molar-refractivity contribution is 0.410. The zero-order valence-corrected chi connectivity index (χ0v) is 10.7. The maximum Gasteiger partial charge on any atom is 0.160 e. The molecule has 0 radical (unpaired) electrons. The highest BCUT2D eigenvalue weighted by atomic mass is 79.9. The summed E-state index contributed by atoms with van der Waals surface area (Å²) in [4.78, 5) is 4.44. The van der Waals surface area contributed by atoms with E-state index in [1.807, 2.05) is 0 Å². The number of thiazole rings is 1. The molecule has 1 aromatic carbocycles. The Hall–Kier alpha value is -0.610. The van der Waals surface area contributed by atoms with Crippen molar-refractivity contribution in [2.45, 2.75) is 18.8 Å². The highest BCUT2D eigenvalue weighted by Gasteiger charge is 2.27. The van der Waals surface area contributed by atoms with E-state index >= 15 is 0 Å². The molecular formula is C11H10BrNOS. The summed E-state index contributed by atoms with van der Waals surface area (Å²) in [5.41, 5.74) is 2.40. The van der Waals surface area contributed by atoms with Crippen LogP contribution in [-0.4, -0.2) is 12.1 Å². The summed E-state index contributed by atoms with van der Waals surface area (Å²) in [5, 5.41) is 0. The molecule has 1 aromatic heterocycles. The summed E-state index contributed by atoms with van der Waals surface area (Å²) in [7, 11) is 1.74. The molecule has 0 aliphatic heterocycles. The van der Waals surface area contributed by atoms with Gasteiger partial charge in [0, 0.05) is 0 Å². The molecule has 0 bridgehead atoms. The van der Waals surface area contributed by atoms with Crippen LogP contribution in [0, 0.1) is 0 Å². The summed E-state index contributed by atoms with van der Waals surface area (Å²) in [6.45, 7) is 0. The number of ether oxygens (including phenoxy) is 1. The van der Waals surface area contributed by atoms with Crippen molar-refractivity contribution in [2.24, 2.45) is 0 Å². The van der Waals surface area contributed by atoms with Gasteiger partial charge in [-0.05, 0) is 52.4 Å². The molecule has 4 heteroatoms. The molecule has 0 amide bonds. The SMILES string of the molecule is COc1cc2sc(Br)nc2cc1C1CC1. The minimum Gasteiger partial charge on any atom is -0.496 e. The van der Waals surface area contributed by atoms with Gasteiger partial charge in [-0.3, -0.25) is 0 Å². The van der Waals surface area contributed by atoms with Gasteiger partial charge in [0.15, 0.2) is 3.92 Å². The van der Waals surface area contributed by atoms with E-state index in [0.717, 1.165) is 15.2 Å². The third kappa shape index (κ3) is 1.66. The second kappa shape index (κ2) is 3.46. The van der Waals surface area contributed by atoms with Crippen molar-refractivity contribution in [2.75, 3.05) is 7.11 Å². The van der Waals surface area contributed by atoms with E-state index < -0.39 is 0 Å². The minimum absolute atomic E-state index is 0.699. The van der Waals surface area contributed by atoms with Crippen molar-refractivity contribution in [3.8, 4) is 5.75 Å². The van der Waals surface area contributed by atoms with E-state index in [1.165, 1.54) is 23.1 Å². The van der Waals surface area contributed by atoms with Gasteiger partial charge >= 0.3 is 0 Å². The molecule has 0 unspecified atom stereocenters. The summed E-state index contributed by atoms with van der Waals surface area (Å²) in [6, 6.07) is 4.28. The Morgan fingerprint density at radius 2 is 2.27 bits per heavy atom. The number of hydrogen-bond donors (Lipinski definition) is 0. The molecular weight excluding hydrogens is 274 g/mol. The van der Waals surface area contributed by atoms with Crippen molar-refractivity contribution >= 4 is 37.5 Å². The number of nitrogens with zero attached hydrogens (tertiary/aromatic N) is 1. The predicted octanol–water partition coefficient (Wildman–Crippen LogP) is 3.94. The molecule has 15 heavy (non-hydrogen) atoms. The van der Waals surface area contributed by atoms with Crippen LogP contribution in [0.1, 0.15) is 24.3 Å². The van der Waals surface area contributed by atoms with Crippen LogP contribution in [0.5, 0.6) is 5.75 Å². The Bertz CT molecular complexity index is 519. The van der Waals surface area contributed by atoms with E-state index in [4.69, 9.17) is 4.74 Å². The first-order valence-electron chi connectivity index (χ1n) is 4.92.